The standard InChI is InChI=1S/C15H25NOS/c1-10(13-7-11-2-3-12(13)6-11)16-14(17)8-15(9-18)4-5-15/h10-13,18H,2-9H2,1H3,(H,16,17). The molecule has 3 rings (SSSR count). The van der Waals surface area contributed by atoms with Gasteiger partial charge in [0.1, 0.15) is 0 Å². The summed E-state index contributed by atoms with van der Waals surface area (Å²) >= 11 is 4.37. The molecule has 0 aromatic carbocycles. The van der Waals surface area contributed by atoms with E-state index in [1.165, 1.54) is 38.5 Å². The molecule has 0 saturated heterocycles. The van der Waals surface area contributed by atoms with E-state index in [1.807, 2.05) is 0 Å². The summed E-state index contributed by atoms with van der Waals surface area (Å²) in [6.45, 7) is 2.21. The largest absolute Gasteiger partial charge is 0.353 e. The van der Waals surface area contributed by atoms with Crippen molar-refractivity contribution in [2.75, 3.05) is 5.75 Å². The van der Waals surface area contributed by atoms with Crippen molar-refractivity contribution in [2.24, 2.45) is 23.2 Å². The van der Waals surface area contributed by atoms with Crippen LogP contribution in [0.2, 0.25) is 0 Å². The second-order valence-corrected chi connectivity index (χ2v) is 7.35. The van der Waals surface area contributed by atoms with E-state index < -0.39 is 0 Å². The summed E-state index contributed by atoms with van der Waals surface area (Å²) < 4.78 is 0. The average molecular weight is 267 g/mol. The van der Waals surface area contributed by atoms with Crippen LogP contribution in [0, 0.1) is 23.2 Å². The van der Waals surface area contributed by atoms with Gasteiger partial charge in [0.05, 0.1) is 0 Å². The summed E-state index contributed by atoms with van der Waals surface area (Å²) in [6, 6.07) is 0.378. The van der Waals surface area contributed by atoms with Gasteiger partial charge in [-0.1, -0.05) is 6.42 Å². The molecule has 0 aromatic heterocycles. The molecule has 0 radical (unpaired) electrons. The van der Waals surface area contributed by atoms with Crippen molar-refractivity contribution in [3.63, 3.8) is 0 Å². The zero-order valence-corrected chi connectivity index (χ0v) is 12.2. The van der Waals surface area contributed by atoms with Crippen molar-refractivity contribution in [2.45, 2.75) is 57.9 Å². The Kier molecular flexibility index (Phi) is 3.38. The molecule has 3 heteroatoms. The van der Waals surface area contributed by atoms with Gasteiger partial charge in [0, 0.05) is 12.5 Å². The Balaban J connectivity index is 1.49. The van der Waals surface area contributed by atoms with E-state index in [0.29, 0.717) is 12.5 Å². The zero-order valence-electron chi connectivity index (χ0n) is 11.3. The van der Waals surface area contributed by atoms with Crippen LogP contribution in [-0.2, 0) is 4.79 Å². The smallest absolute Gasteiger partial charge is 0.220 e. The molecule has 3 saturated carbocycles. The molecule has 2 bridgehead atoms. The highest BCUT2D eigenvalue weighted by molar-refractivity contribution is 7.80. The van der Waals surface area contributed by atoms with Crippen LogP contribution < -0.4 is 5.32 Å². The van der Waals surface area contributed by atoms with Crippen LogP contribution in [0.5, 0.6) is 0 Å². The molecule has 3 fully saturated rings. The van der Waals surface area contributed by atoms with Crippen molar-refractivity contribution >= 4 is 18.5 Å². The van der Waals surface area contributed by atoms with Crippen molar-refractivity contribution in [1.82, 2.24) is 5.32 Å². The maximum atomic E-state index is 12.1. The number of hydrogen-bond donors (Lipinski definition) is 2. The van der Waals surface area contributed by atoms with Crippen LogP contribution in [0.3, 0.4) is 0 Å². The highest BCUT2D eigenvalue weighted by atomic mass is 32.1. The van der Waals surface area contributed by atoms with Crippen LogP contribution in [0.4, 0.5) is 0 Å². The lowest BCUT2D eigenvalue weighted by Crippen LogP contribution is -2.41. The molecule has 0 aromatic rings. The number of thiol groups is 1. The molecule has 1 N–H and O–H groups in total. The molecule has 102 valence electrons. The van der Waals surface area contributed by atoms with Gasteiger partial charge in [0.2, 0.25) is 5.91 Å². The van der Waals surface area contributed by atoms with E-state index in [4.69, 9.17) is 0 Å². The van der Waals surface area contributed by atoms with Crippen molar-refractivity contribution < 1.29 is 4.79 Å². The third-order valence-electron chi connectivity index (χ3n) is 5.65. The minimum absolute atomic E-state index is 0.252. The maximum absolute atomic E-state index is 12.1. The van der Waals surface area contributed by atoms with Crippen LogP contribution in [0.15, 0.2) is 0 Å². The maximum Gasteiger partial charge on any atom is 0.220 e. The van der Waals surface area contributed by atoms with E-state index in [1.54, 1.807) is 0 Å². The first-order valence-electron chi connectivity index (χ1n) is 7.52. The summed E-state index contributed by atoms with van der Waals surface area (Å²) in [4.78, 5) is 12.1. The molecule has 3 aliphatic carbocycles. The highest BCUT2D eigenvalue weighted by Gasteiger charge is 2.45. The molecule has 0 heterocycles. The van der Waals surface area contributed by atoms with Crippen molar-refractivity contribution in [3.8, 4) is 0 Å². The quantitative estimate of drug-likeness (QED) is 0.737. The van der Waals surface area contributed by atoms with Gasteiger partial charge in [-0.2, -0.15) is 12.6 Å². The van der Waals surface area contributed by atoms with Gasteiger partial charge in [0.25, 0.3) is 0 Å². The Morgan fingerprint density at radius 3 is 2.67 bits per heavy atom. The SMILES string of the molecule is CC(NC(=O)CC1(CS)CC1)C1CC2CCC1C2. The average Bonchev–Trinajstić information content (AvgIpc) is 2.82. The van der Waals surface area contributed by atoms with E-state index in [0.717, 1.165) is 23.5 Å². The Bertz CT molecular complexity index is 339. The van der Waals surface area contributed by atoms with Gasteiger partial charge in [-0.3, -0.25) is 4.79 Å². The minimum Gasteiger partial charge on any atom is -0.353 e. The Morgan fingerprint density at radius 1 is 1.39 bits per heavy atom. The fourth-order valence-corrected chi connectivity index (χ4v) is 4.65. The summed E-state index contributed by atoms with van der Waals surface area (Å²) in [7, 11) is 0. The fourth-order valence-electron chi connectivity index (χ4n) is 4.23. The number of nitrogens with one attached hydrogen (secondary N) is 1. The van der Waals surface area contributed by atoms with Gasteiger partial charge >= 0.3 is 0 Å². The number of fused-ring (bicyclic) bond motifs is 2. The Morgan fingerprint density at radius 2 is 2.17 bits per heavy atom. The molecule has 2 nitrogen and oxygen atoms in total. The Hall–Kier alpha value is -0.180. The van der Waals surface area contributed by atoms with Crippen molar-refractivity contribution in [3.05, 3.63) is 0 Å². The van der Waals surface area contributed by atoms with Crippen LogP contribution in [0.25, 0.3) is 0 Å². The first-order valence-corrected chi connectivity index (χ1v) is 8.15. The lowest BCUT2D eigenvalue weighted by Gasteiger charge is -2.29. The number of carbonyl (C=O) groups excluding carboxylic acids is 1. The summed E-state index contributed by atoms with van der Waals surface area (Å²) in [5.41, 5.74) is 0.252. The topological polar surface area (TPSA) is 29.1 Å². The summed E-state index contributed by atoms with van der Waals surface area (Å²) in [5.74, 6) is 3.73. The van der Waals surface area contributed by atoms with Gasteiger partial charge in [0.15, 0.2) is 0 Å². The van der Waals surface area contributed by atoms with Gasteiger partial charge in [-0.15, -0.1) is 0 Å². The van der Waals surface area contributed by atoms with Crippen LogP contribution >= 0.6 is 12.6 Å². The summed E-state index contributed by atoms with van der Waals surface area (Å²) in [5, 5.41) is 3.26. The number of amides is 1. The number of rotatable bonds is 5. The molecular formula is C15H25NOS. The molecule has 1 amide bonds. The molecule has 3 aliphatic rings. The first kappa shape index (κ1) is 12.8. The molecular weight excluding hydrogens is 242 g/mol. The fraction of sp³-hybridized carbons (Fsp3) is 0.933. The third-order valence-corrected chi connectivity index (χ3v) is 6.32. The lowest BCUT2D eigenvalue weighted by molar-refractivity contribution is -0.123. The van der Waals surface area contributed by atoms with Gasteiger partial charge in [-0.25, -0.2) is 0 Å². The first-order chi connectivity index (χ1) is 8.62. The van der Waals surface area contributed by atoms with E-state index >= 15 is 0 Å². The third kappa shape index (κ3) is 2.43. The predicted octanol–water partition coefficient (Wildman–Crippen LogP) is 3.03. The normalized spacial score (nSPS) is 37.6. The monoisotopic (exact) mass is 267 g/mol. The van der Waals surface area contributed by atoms with E-state index in [-0.39, 0.29) is 11.3 Å². The number of hydrogen-bond acceptors (Lipinski definition) is 2. The lowest BCUT2D eigenvalue weighted by atomic mass is 9.84. The van der Waals surface area contributed by atoms with E-state index in [9.17, 15) is 4.79 Å². The molecule has 4 atom stereocenters. The predicted molar refractivity (Wildman–Crippen MR) is 76.7 cm³/mol. The Labute approximate surface area is 116 Å². The summed E-state index contributed by atoms with van der Waals surface area (Å²) in [6.07, 6.45) is 8.68. The molecule has 4 unspecified atom stereocenters. The second kappa shape index (κ2) is 4.73. The van der Waals surface area contributed by atoms with Crippen LogP contribution in [-0.4, -0.2) is 17.7 Å². The van der Waals surface area contributed by atoms with Crippen molar-refractivity contribution in [1.29, 1.82) is 0 Å². The van der Waals surface area contributed by atoms with Gasteiger partial charge < -0.3 is 5.32 Å². The molecule has 18 heavy (non-hydrogen) atoms. The van der Waals surface area contributed by atoms with E-state index in [2.05, 4.69) is 24.9 Å². The zero-order chi connectivity index (χ0) is 12.8. The molecule has 0 spiro atoms. The highest BCUT2D eigenvalue weighted by Crippen LogP contribution is 2.51. The minimum atomic E-state index is 0.252. The second-order valence-electron chi connectivity index (χ2n) is 7.03. The van der Waals surface area contributed by atoms with Crippen LogP contribution in [0.1, 0.15) is 51.9 Å². The van der Waals surface area contributed by atoms with Gasteiger partial charge in [-0.05, 0) is 67.9 Å². The number of carbonyl (C=O) groups is 1. The molecule has 0 aliphatic heterocycles.